The summed E-state index contributed by atoms with van der Waals surface area (Å²) in [5.41, 5.74) is 12.2. The molecule has 0 saturated carbocycles. The number of piperazine rings is 1. The van der Waals surface area contributed by atoms with E-state index in [1.165, 1.54) is 0 Å². The molecule has 1 amide bonds. The smallest absolute Gasteiger partial charge is 0.255 e. The van der Waals surface area contributed by atoms with E-state index in [1.54, 1.807) is 17.4 Å². The lowest BCUT2D eigenvalue weighted by Crippen LogP contribution is -2.51. The molecule has 2 aromatic rings. The number of anilines is 1. The average Bonchev–Trinajstić information content (AvgIpc) is 3.20. The quantitative estimate of drug-likeness (QED) is 0.350. The van der Waals surface area contributed by atoms with Crippen LogP contribution in [0.1, 0.15) is 5.56 Å². The third-order valence-corrected chi connectivity index (χ3v) is 4.83. The normalized spacial score (nSPS) is 14.6. The van der Waals surface area contributed by atoms with Gasteiger partial charge >= 0.3 is 0 Å². The maximum absolute atomic E-state index is 10.8. The van der Waals surface area contributed by atoms with Gasteiger partial charge in [0.25, 0.3) is 5.91 Å². The number of halogens is 1. The van der Waals surface area contributed by atoms with Gasteiger partial charge in [-0.3, -0.25) is 4.79 Å². The molecule has 4 N–H and O–H groups in total. The number of aliphatic imine (C=N–C) groups is 1. The van der Waals surface area contributed by atoms with Gasteiger partial charge in [-0.25, -0.2) is 9.98 Å². The number of ether oxygens (including phenoxy) is 1. The lowest BCUT2D eigenvalue weighted by molar-refractivity contribution is -0.119. The molecule has 1 aromatic heterocycles. The number of carbonyl (C=O) groups excluding carboxylic acids is 1. The highest BCUT2D eigenvalue weighted by molar-refractivity contribution is 14.0. The summed E-state index contributed by atoms with van der Waals surface area (Å²) in [4.78, 5) is 24.0. The van der Waals surface area contributed by atoms with Crippen LogP contribution in [-0.4, -0.2) is 54.5 Å². The van der Waals surface area contributed by atoms with E-state index < -0.39 is 5.91 Å². The lowest BCUT2D eigenvalue weighted by atomic mass is 10.2. The van der Waals surface area contributed by atoms with Crippen molar-refractivity contribution in [2.24, 2.45) is 16.5 Å². The van der Waals surface area contributed by atoms with E-state index in [0.29, 0.717) is 18.3 Å². The summed E-state index contributed by atoms with van der Waals surface area (Å²) >= 11 is 1.65. The van der Waals surface area contributed by atoms with Crippen LogP contribution in [0.4, 0.5) is 5.13 Å². The molecule has 0 unspecified atom stereocenters. The number of nitrogens with two attached hydrogens (primary N) is 2. The Morgan fingerprint density at radius 1 is 1.26 bits per heavy atom. The highest BCUT2D eigenvalue weighted by atomic mass is 127. The number of amides is 1. The molecule has 0 aliphatic carbocycles. The Morgan fingerprint density at radius 3 is 2.70 bits per heavy atom. The third-order valence-electron chi connectivity index (χ3n) is 4.00. The minimum absolute atomic E-state index is 0. The second-order valence-electron chi connectivity index (χ2n) is 5.87. The van der Waals surface area contributed by atoms with Crippen LogP contribution in [0.25, 0.3) is 0 Å². The van der Waals surface area contributed by atoms with Gasteiger partial charge in [-0.2, -0.15) is 0 Å². The number of primary amides is 1. The van der Waals surface area contributed by atoms with Crippen LogP contribution < -0.4 is 21.1 Å². The van der Waals surface area contributed by atoms with E-state index in [2.05, 4.69) is 19.8 Å². The summed E-state index contributed by atoms with van der Waals surface area (Å²) in [6.07, 6.45) is 1.82. The predicted molar refractivity (Wildman–Crippen MR) is 118 cm³/mol. The Morgan fingerprint density at radius 2 is 2.04 bits per heavy atom. The first-order chi connectivity index (χ1) is 12.6. The maximum atomic E-state index is 10.8. The molecule has 1 saturated heterocycles. The predicted octanol–water partition coefficient (Wildman–Crippen LogP) is 1.26. The standard InChI is InChI=1S/C17H22N6O2S.HI/c18-15(24)12-25-14-3-1-2-13(10-14)11-21-16(19)22-5-7-23(8-6-22)17-20-4-9-26-17;/h1-4,9-10H,5-8,11-12H2,(H2,18,24)(H2,19,21);1H. The van der Waals surface area contributed by atoms with Gasteiger partial charge in [-0.05, 0) is 17.7 Å². The van der Waals surface area contributed by atoms with Crippen molar-refractivity contribution in [3.8, 4) is 5.75 Å². The Hall–Kier alpha value is -2.08. The van der Waals surface area contributed by atoms with E-state index in [1.807, 2.05) is 29.8 Å². The summed E-state index contributed by atoms with van der Waals surface area (Å²) in [6, 6.07) is 7.40. The molecule has 8 nitrogen and oxygen atoms in total. The Labute approximate surface area is 179 Å². The first kappa shape index (κ1) is 21.2. The highest BCUT2D eigenvalue weighted by Crippen LogP contribution is 2.19. The molecule has 3 rings (SSSR count). The summed E-state index contributed by atoms with van der Waals surface area (Å²) in [5, 5.41) is 3.03. The zero-order chi connectivity index (χ0) is 18.4. The zero-order valence-electron chi connectivity index (χ0n) is 14.8. The molecule has 1 aliphatic rings. The SMILES string of the molecule is I.NC(=O)COc1cccc(CN=C(N)N2CCN(c3nccs3)CC2)c1. The zero-order valence-corrected chi connectivity index (χ0v) is 17.9. The van der Waals surface area contributed by atoms with Crippen molar-refractivity contribution >= 4 is 52.3 Å². The van der Waals surface area contributed by atoms with E-state index in [-0.39, 0.29) is 30.6 Å². The van der Waals surface area contributed by atoms with E-state index >= 15 is 0 Å². The van der Waals surface area contributed by atoms with Crippen LogP contribution >= 0.6 is 35.3 Å². The summed E-state index contributed by atoms with van der Waals surface area (Å²) in [6.45, 7) is 3.69. The van der Waals surface area contributed by atoms with Crippen molar-refractivity contribution in [3.63, 3.8) is 0 Å². The fraction of sp³-hybridized carbons (Fsp3) is 0.353. The molecule has 1 aliphatic heterocycles. The number of rotatable bonds is 6. The van der Waals surface area contributed by atoms with Gasteiger partial charge in [0.1, 0.15) is 5.75 Å². The van der Waals surface area contributed by atoms with Gasteiger partial charge in [-0.1, -0.05) is 12.1 Å². The minimum atomic E-state index is -0.505. The monoisotopic (exact) mass is 502 g/mol. The van der Waals surface area contributed by atoms with Crippen molar-refractivity contribution in [1.82, 2.24) is 9.88 Å². The van der Waals surface area contributed by atoms with Crippen molar-refractivity contribution in [3.05, 3.63) is 41.4 Å². The van der Waals surface area contributed by atoms with Gasteiger partial charge in [0.2, 0.25) is 0 Å². The Bertz CT molecular complexity index is 763. The second kappa shape index (κ2) is 10.3. The summed E-state index contributed by atoms with van der Waals surface area (Å²) in [7, 11) is 0. The Balaban J connectivity index is 0.00000261. The van der Waals surface area contributed by atoms with Crippen LogP contribution in [0, 0.1) is 0 Å². The molecule has 146 valence electrons. The molecule has 0 spiro atoms. The average molecular weight is 502 g/mol. The number of guanidine groups is 1. The van der Waals surface area contributed by atoms with Gasteiger partial charge in [0, 0.05) is 37.8 Å². The van der Waals surface area contributed by atoms with Crippen LogP contribution in [0.2, 0.25) is 0 Å². The number of nitrogens with zero attached hydrogens (tertiary/aromatic N) is 4. The van der Waals surface area contributed by atoms with Gasteiger partial charge in [-0.15, -0.1) is 35.3 Å². The van der Waals surface area contributed by atoms with E-state index in [4.69, 9.17) is 16.2 Å². The van der Waals surface area contributed by atoms with Crippen LogP contribution in [0.5, 0.6) is 5.75 Å². The van der Waals surface area contributed by atoms with Gasteiger partial charge in [0.15, 0.2) is 17.7 Å². The first-order valence-electron chi connectivity index (χ1n) is 8.31. The fourth-order valence-electron chi connectivity index (χ4n) is 2.66. The second-order valence-corrected chi connectivity index (χ2v) is 6.74. The molecule has 0 bridgehead atoms. The Kier molecular flexibility index (Phi) is 8.10. The molecule has 1 fully saturated rings. The number of carbonyl (C=O) groups is 1. The van der Waals surface area contributed by atoms with E-state index in [9.17, 15) is 4.79 Å². The number of thiazole rings is 1. The number of hydrogen-bond acceptors (Lipinski definition) is 6. The van der Waals surface area contributed by atoms with Crippen molar-refractivity contribution in [2.45, 2.75) is 6.54 Å². The fourth-order valence-corrected chi connectivity index (χ4v) is 3.36. The lowest BCUT2D eigenvalue weighted by Gasteiger charge is -2.35. The van der Waals surface area contributed by atoms with Crippen LogP contribution in [0.15, 0.2) is 40.8 Å². The molecular weight excluding hydrogens is 479 g/mol. The van der Waals surface area contributed by atoms with Gasteiger partial charge in [0.05, 0.1) is 6.54 Å². The molecule has 1 aromatic carbocycles. The summed E-state index contributed by atoms with van der Waals surface area (Å²) in [5.74, 6) is 0.619. The number of hydrogen-bond donors (Lipinski definition) is 2. The topological polar surface area (TPSA) is 110 Å². The molecule has 0 radical (unpaired) electrons. The third kappa shape index (κ3) is 6.24. The van der Waals surface area contributed by atoms with Gasteiger partial charge < -0.3 is 26.0 Å². The molecule has 10 heteroatoms. The van der Waals surface area contributed by atoms with Crippen molar-refractivity contribution < 1.29 is 9.53 Å². The van der Waals surface area contributed by atoms with Crippen molar-refractivity contribution in [2.75, 3.05) is 37.7 Å². The maximum Gasteiger partial charge on any atom is 0.255 e. The molecule has 2 heterocycles. The van der Waals surface area contributed by atoms with E-state index in [0.717, 1.165) is 36.9 Å². The van der Waals surface area contributed by atoms with Crippen molar-refractivity contribution in [1.29, 1.82) is 0 Å². The summed E-state index contributed by atoms with van der Waals surface area (Å²) < 4.78 is 5.30. The van der Waals surface area contributed by atoms with Crippen LogP contribution in [-0.2, 0) is 11.3 Å². The van der Waals surface area contributed by atoms with Crippen LogP contribution in [0.3, 0.4) is 0 Å². The molecule has 27 heavy (non-hydrogen) atoms. The number of benzene rings is 1. The largest absolute Gasteiger partial charge is 0.484 e. The number of aromatic nitrogens is 1. The minimum Gasteiger partial charge on any atom is -0.484 e. The highest BCUT2D eigenvalue weighted by Gasteiger charge is 2.19. The molecule has 0 atom stereocenters. The first-order valence-corrected chi connectivity index (χ1v) is 9.19. The molecular formula is C17H23IN6O2S.